The van der Waals surface area contributed by atoms with Crippen molar-refractivity contribution >= 4 is 17.8 Å². The van der Waals surface area contributed by atoms with Crippen LogP contribution in [0.5, 0.6) is 0 Å². The van der Waals surface area contributed by atoms with Gasteiger partial charge in [-0.05, 0) is 0 Å². The summed E-state index contributed by atoms with van der Waals surface area (Å²) in [6.45, 7) is 0. The molecule has 0 saturated carbocycles. The Morgan fingerprint density at radius 2 is 2.50 bits per heavy atom. The standard InChI is InChI=1S/C6H7ClO3/c1-2-5(3-4-7)10-6(8)9/h1,5H,3-4H2,(H,8,9). The molecule has 56 valence electrons. The van der Waals surface area contributed by atoms with Crippen LogP contribution in [0, 0.1) is 12.3 Å². The SMILES string of the molecule is C#CC(CCCl)OC(=O)O. The number of carbonyl (C=O) groups is 1. The molecule has 0 rings (SSSR count). The van der Waals surface area contributed by atoms with Gasteiger partial charge in [-0.15, -0.1) is 18.0 Å². The van der Waals surface area contributed by atoms with E-state index in [4.69, 9.17) is 23.1 Å². The summed E-state index contributed by atoms with van der Waals surface area (Å²) < 4.78 is 4.24. The summed E-state index contributed by atoms with van der Waals surface area (Å²) in [4.78, 5) is 9.88. The van der Waals surface area contributed by atoms with Crippen molar-refractivity contribution in [3.05, 3.63) is 0 Å². The molecule has 0 aromatic rings. The van der Waals surface area contributed by atoms with E-state index in [9.17, 15) is 4.79 Å². The van der Waals surface area contributed by atoms with Crippen molar-refractivity contribution in [1.82, 2.24) is 0 Å². The molecule has 0 aliphatic heterocycles. The molecule has 0 spiro atoms. The van der Waals surface area contributed by atoms with Crippen molar-refractivity contribution in [2.24, 2.45) is 0 Å². The molecule has 0 aromatic carbocycles. The highest BCUT2D eigenvalue weighted by molar-refractivity contribution is 6.17. The second-order valence-electron chi connectivity index (χ2n) is 1.52. The number of hydrogen-bond acceptors (Lipinski definition) is 2. The Balaban J connectivity index is 3.63. The number of hydrogen-bond donors (Lipinski definition) is 1. The molecular formula is C6H7ClO3. The maximum Gasteiger partial charge on any atom is 0.507 e. The Labute approximate surface area is 63.9 Å². The van der Waals surface area contributed by atoms with Gasteiger partial charge >= 0.3 is 6.16 Å². The summed E-state index contributed by atoms with van der Waals surface area (Å²) in [5.74, 6) is 2.44. The Morgan fingerprint density at radius 3 is 2.80 bits per heavy atom. The van der Waals surface area contributed by atoms with Gasteiger partial charge in [0.2, 0.25) is 0 Å². The molecule has 0 aliphatic carbocycles. The Kier molecular flexibility index (Phi) is 4.51. The highest BCUT2D eigenvalue weighted by atomic mass is 35.5. The third-order valence-electron chi connectivity index (χ3n) is 0.800. The van der Waals surface area contributed by atoms with Gasteiger partial charge in [0.15, 0.2) is 6.10 Å². The minimum atomic E-state index is -1.37. The van der Waals surface area contributed by atoms with E-state index in [1.165, 1.54) is 0 Å². The summed E-state index contributed by atoms with van der Waals surface area (Å²) in [5.41, 5.74) is 0. The minimum Gasteiger partial charge on any atom is -0.450 e. The normalized spacial score (nSPS) is 11.6. The molecule has 0 aromatic heterocycles. The maximum absolute atomic E-state index is 9.88. The monoisotopic (exact) mass is 162 g/mol. The Hall–Kier alpha value is -0.880. The highest BCUT2D eigenvalue weighted by Gasteiger charge is 2.07. The van der Waals surface area contributed by atoms with E-state index < -0.39 is 12.3 Å². The first kappa shape index (κ1) is 9.12. The van der Waals surface area contributed by atoms with Crippen LogP contribution in [0.1, 0.15) is 6.42 Å². The average Bonchev–Trinajstić information content (AvgIpc) is 1.86. The molecule has 10 heavy (non-hydrogen) atoms. The second kappa shape index (κ2) is 4.95. The molecule has 0 amide bonds. The van der Waals surface area contributed by atoms with Crippen molar-refractivity contribution in [2.75, 3.05) is 5.88 Å². The van der Waals surface area contributed by atoms with E-state index in [1.807, 2.05) is 0 Å². The van der Waals surface area contributed by atoms with Crippen molar-refractivity contribution in [2.45, 2.75) is 12.5 Å². The van der Waals surface area contributed by atoms with Crippen LogP contribution in [0.3, 0.4) is 0 Å². The van der Waals surface area contributed by atoms with E-state index in [0.717, 1.165) is 0 Å². The van der Waals surface area contributed by atoms with Crippen molar-refractivity contribution < 1.29 is 14.6 Å². The number of carboxylic acid groups (broad SMARTS) is 1. The van der Waals surface area contributed by atoms with Crippen LogP contribution in [0.25, 0.3) is 0 Å². The molecule has 1 N–H and O–H groups in total. The fourth-order valence-electron chi connectivity index (χ4n) is 0.397. The molecule has 0 heterocycles. The summed E-state index contributed by atoms with van der Waals surface area (Å²) in [7, 11) is 0. The lowest BCUT2D eigenvalue weighted by molar-refractivity contribution is 0.0714. The van der Waals surface area contributed by atoms with E-state index in [0.29, 0.717) is 12.3 Å². The second-order valence-corrected chi connectivity index (χ2v) is 1.89. The van der Waals surface area contributed by atoms with Gasteiger partial charge in [-0.25, -0.2) is 4.79 Å². The number of rotatable bonds is 3. The average molecular weight is 163 g/mol. The molecule has 0 saturated heterocycles. The molecule has 0 aliphatic rings. The van der Waals surface area contributed by atoms with Crippen LogP contribution in [-0.4, -0.2) is 23.2 Å². The molecule has 0 radical (unpaired) electrons. The number of terminal acetylenes is 1. The summed E-state index contributed by atoms with van der Waals surface area (Å²) >= 11 is 5.29. The predicted molar refractivity (Wildman–Crippen MR) is 37.1 cm³/mol. The van der Waals surface area contributed by atoms with Gasteiger partial charge in [0.1, 0.15) is 0 Å². The summed E-state index contributed by atoms with van der Waals surface area (Å²) in [6.07, 6.45) is 3.18. The van der Waals surface area contributed by atoms with Crippen molar-refractivity contribution in [1.29, 1.82) is 0 Å². The first-order valence-corrected chi connectivity index (χ1v) is 3.15. The van der Waals surface area contributed by atoms with Crippen LogP contribution in [0.2, 0.25) is 0 Å². The van der Waals surface area contributed by atoms with Crippen molar-refractivity contribution in [3.8, 4) is 12.3 Å². The lowest BCUT2D eigenvalue weighted by atomic mass is 10.3. The topological polar surface area (TPSA) is 46.5 Å². The van der Waals surface area contributed by atoms with Crippen LogP contribution < -0.4 is 0 Å². The quantitative estimate of drug-likeness (QED) is 0.387. The van der Waals surface area contributed by atoms with Crippen LogP contribution >= 0.6 is 11.6 Å². The van der Waals surface area contributed by atoms with E-state index in [-0.39, 0.29) is 0 Å². The Morgan fingerprint density at radius 1 is 1.90 bits per heavy atom. The molecule has 1 unspecified atom stereocenters. The van der Waals surface area contributed by atoms with Gasteiger partial charge in [-0.2, -0.15) is 0 Å². The zero-order valence-corrected chi connectivity index (χ0v) is 5.97. The first-order valence-electron chi connectivity index (χ1n) is 2.62. The molecule has 1 atom stereocenters. The minimum absolute atomic E-state index is 0.294. The smallest absolute Gasteiger partial charge is 0.450 e. The fraction of sp³-hybridized carbons (Fsp3) is 0.500. The number of halogens is 1. The third-order valence-corrected chi connectivity index (χ3v) is 1.02. The lowest BCUT2D eigenvalue weighted by Gasteiger charge is -2.05. The summed E-state index contributed by atoms with van der Waals surface area (Å²) in [6, 6.07) is 0. The van der Waals surface area contributed by atoms with E-state index in [1.54, 1.807) is 0 Å². The van der Waals surface area contributed by atoms with Gasteiger partial charge < -0.3 is 9.84 Å². The highest BCUT2D eigenvalue weighted by Crippen LogP contribution is 1.98. The molecule has 4 heteroatoms. The van der Waals surface area contributed by atoms with E-state index >= 15 is 0 Å². The van der Waals surface area contributed by atoms with Crippen LogP contribution in [0.4, 0.5) is 4.79 Å². The Bertz CT molecular complexity index is 150. The number of ether oxygens (including phenoxy) is 1. The first-order chi connectivity index (χ1) is 4.70. The van der Waals surface area contributed by atoms with Crippen LogP contribution in [-0.2, 0) is 4.74 Å². The third kappa shape index (κ3) is 4.04. The van der Waals surface area contributed by atoms with Gasteiger partial charge in [-0.3, -0.25) is 0 Å². The van der Waals surface area contributed by atoms with Gasteiger partial charge in [0, 0.05) is 12.3 Å². The zero-order valence-electron chi connectivity index (χ0n) is 5.21. The van der Waals surface area contributed by atoms with Gasteiger partial charge in [0.05, 0.1) is 0 Å². The van der Waals surface area contributed by atoms with Crippen LogP contribution in [0.15, 0.2) is 0 Å². The lowest BCUT2D eigenvalue weighted by Crippen LogP contribution is -2.14. The zero-order chi connectivity index (χ0) is 7.98. The molecular weight excluding hydrogens is 156 g/mol. The maximum atomic E-state index is 9.88. The molecule has 0 bridgehead atoms. The molecule has 0 fully saturated rings. The van der Waals surface area contributed by atoms with Gasteiger partial charge in [-0.1, -0.05) is 5.92 Å². The predicted octanol–water partition coefficient (Wildman–Crippen LogP) is 1.31. The summed E-state index contributed by atoms with van der Waals surface area (Å²) in [5, 5.41) is 8.08. The fourth-order valence-corrected chi connectivity index (χ4v) is 0.595. The number of alkyl halides is 1. The van der Waals surface area contributed by atoms with Gasteiger partial charge in [0.25, 0.3) is 0 Å². The largest absolute Gasteiger partial charge is 0.507 e. The van der Waals surface area contributed by atoms with Crippen molar-refractivity contribution in [3.63, 3.8) is 0 Å². The molecule has 3 nitrogen and oxygen atoms in total. The van der Waals surface area contributed by atoms with E-state index in [2.05, 4.69) is 10.7 Å².